The number of nitro benzene ring substituents is 1. The number of non-ortho nitro benzene ring substituents is 1. The Morgan fingerprint density at radius 1 is 1.23 bits per heavy atom. The molecule has 0 saturated heterocycles. The smallest absolute Gasteiger partial charge is 0.271 e. The number of aromatic nitrogens is 1. The minimum Gasteiger partial charge on any atom is -0.455 e. The van der Waals surface area contributed by atoms with E-state index < -0.39 is 10.8 Å². The molecule has 3 rings (SSSR count). The van der Waals surface area contributed by atoms with Crippen molar-refractivity contribution < 1.29 is 14.1 Å². The highest BCUT2D eigenvalue weighted by Crippen LogP contribution is 2.32. The number of rotatable bonds is 5. The van der Waals surface area contributed by atoms with Crippen molar-refractivity contribution in [2.75, 3.05) is 0 Å². The lowest BCUT2D eigenvalue weighted by atomic mass is 10.1. The van der Waals surface area contributed by atoms with E-state index in [-0.39, 0.29) is 5.69 Å². The van der Waals surface area contributed by atoms with Crippen LogP contribution in [0.1, 0.15) is 16.1 Å². The molecule has 8 nitrogen and oxygen atoms in total. The van der Waals surface area contributed by atoms with Gasteiger partial charge in [0.1, 0.15) is 11.5 Å². The Hall–Kier alpha value is -3.52. The standard InChI is InChI=1S/C17H11ClN4O4/c18-15-3-1-12(22(24)25)9-14(15)16-4-2-13(26-16)10-20-21-17(23)11-5-7-19-8-6-11/h1-10H,(H,21,23)/b20-10+. The van der Waals surface area contributed by atoms with Gasteiger partial charge >= 0.3 is 0 Å². The third kappa shape index (κ3) is 3.93. The third-order valence-corrected chi connectivity index (χ3v) is 3.68. The van der Waals surface area contributed by atoms with E-state index in [4.69, 9.17) is 16.0 Å². The molecule has 0 atom stereocenters. The number of pyridine rings is 1. The molecule has 130 valence electrons. The monoisotopic (exact) mass is 370 g/mol. The van der Waals surface area contributed by atoms with E-state index in [9.17, 15) is 14.9 Å². The largest absolute Gasteiger partial charge is 0.455 e. The van der Waals surface area contributed by atoms with Gasteiger partial charge in [-0.25, -0.2) is 5.43 Å². The van der Waals surface area contributed by atoms with Crippen molar-refractivity contribution in [2.45, 2.75) is 0 Å². The SMILES string of the molecule is O=C(N/N=C/c1ccc(-c2cc([N+](=O)[O-])ccc2Cl)o1)c1ccncc1. The maximum absolute atomic E-state index is 11.8. The summed E-state index contributed by atoms with van der Waals surface area (Å²) in [6.07, 6.45) is 4.31. The number of carbonyl (C=O) groups is 1. The molecule has 0 aliphatic heterocycles. The van der Waals surface area contributed by atoms with E-state index in [2.05, 4.69) is 15.5 Å². The molecular formula is C17H11ClN4O4. The van der Waals surface area contributed by atoms with Crippen molar-refractivity contribution in [1.82, 2.24) is 10.4 Å². The summed E-state index contributed by atoms with van der Waals surface area (Å²) in [7, 11) is 0. The fourth-order valence-corrected chi connectivity index (χ4v) is 2.32. The van der Waals surface area contributed by atoms with Crippen LogP contribution >= 0.6 is 11.6 Å². The topological polar surface area (TPSA) is 111 Å². The van der Waals surface area contributed by atoms with Crippen LogP contribution < -0.4 is 5.43 Å². The van der Waals surface area contributed by atoms with Crippen molar-refractivity contribution in [1.29, 1.82) is 0 Å². The van der Waals surface area contributed by atoms with Gasteiger partial charge in [0, 0.05) is 35.7 Å². The summed E-state index contributed by atoms with van der Waals surface area (Å²) in [6, 6.07) is 10.4. The van der Waals surface area contributed by atoms with Gasteiger partial charge in [0.15, 0.2) is 0 Å². The third-order valence-electron chi connectivity index (χ3n) is 3.35. The van der Waals surface area contributed by atoms with E-state index in [1.807, 2.05) is 0 Å². The van der Waals surface area contributed by atoms with E-state index >= 15 is 0 Å². The number of nitrogens with zero attached hydrogens (tertiary/aromatic N) is 3. The maximum Gasteiger partial charge on any atom is 0.271 e. The van der Waals surface area contributed by atoms with Gasteiger partial charge in [-0.2, -0.15) is 5.10 Å². The Bertz CT molecular complexity index is 985. The quantitative estimate of drug-likeness (QED) is 0.418. The minimum absolute atomic E-state index is 0.0966. The summed E-state index contributed by atoms with van der Waals surface area (Å²) < 4.78 is 5.56. The molecule has 0 spiro atoms. The van der Waals surface area contributed by atoms with Gasteiger partial charge < -0.3 is 4.42 Å². The Labute approximate surface area is 152 Å². The number of nitrogens with one attached hydrogen (secondary N) is 1. The molecule has 0 saturated carbocycles. The zero-order valence-corrected chi connectivity index (χ0v) is 13.9. The molecule has 26 heavy (non-hydrogen) atoms. The Balaban J connectivity index is 1.73. The van der Waals surface area contributed by atoms with Gasteiger partial charge in [0.25, 0.3) is 11.6 Å². The van der Waals surface area contributed by atoms with Crippen molar-refractivity contribution in [3.63, 3.8) is 0 Å². The molecule has 0 aliphatic rings. The molecule has 0 aliphatic carbocycles. The molecule has 1 amide bonds. The van der Waals surface area contributed by atoms with Crippen molar-refractivity contribution in [3.8, 4) is 11.3 Å². The van der Waals surface area contributed by atoms with Crippen molar-refractivity contribution in [3.05, 3.63) is 81.3 Å². The number of amides is 1. The normalized spacial score (nSPS) is 10.8. The summed E-state index contributed by atoms with van der Waals surface area (Å²) in [5.41, 5.74) is 3.07. The summed E-state index contributed by atoms with van der Waals surface area (Å²) in [5, 5.41) is 15.0. The zero-order valence-electron chi connectivity index (χ0n) is 13.1. The zero-order chi connectivity index (χ0) is 18.5. The Morgan fingerprint density at radius 3 is 2.73 bits per heavy atom. The van der Waals surface area contributed by atoms with Crippen LogP contribution in [-0.4, -0.2) is 22.0 Å². The van der Waals surface area contributed by atoms with Gasteiger partial charge in [-0.1, -0.05) is 11.6 Å². The second-order valence-corrected chi connectivity index (χ2v) is 5.47. The molecular weight excluding hydrogens is 360 g/mol. The number of carbonyl (C=O) groups excluding carboxylic acids is 1. The average Bonchev–Trinajstić information content (AvgIpc) is 3.11. The van der Waals surface area contributed by atoms with Crippen molar-refractivity contribution >= 4 is 29.4 Å². The molecule has 0 bridgehead atoms. The van der Waals surface area contributed by atoms with Crippen LogP contribution in [0, 0.1) is 10.1 Å². The van der Waals surface area contributed by atoms with E-state index in [0.29, 0.717) is 27.7 Å². The van der Waals surface area contributed by atoms with Crippen molar-refractivity contribution in [2.24, 2.45) is 5.10 Å². The predicted octanol–water partition coefficient (Wildman–Crippen LogP) is 3.67. The van der Waals surface area contributed by atoms with Crippen LogP contribution in [0.15, 0.2) is 64.4 Å². The first-order valence-electron chi connectivity index (χ1n) is 7.32. The second kappa shape index (κ2) is 7.58. The van der Waals surface area contributed by atoms with Gasteiger partial charge in [-0.3, -0.25) is 19.9 Å². The van der Waals surface area contributed by atoms with Gasteiger partial charge in [0.2, 0.25) is 0 Å². The van der Waals surface area contributed by atoms with Crippen LogP contribution in [0.4, 0.5) is 5.69 Å². The first kappa shape index (κ1) is 17.3. The maximum atomic E-state index is 11.8. The van der Waals surface area contributed by atoms with E-state index in [1.54, 1.807) is 24.3 Å². The van der Waals surface area contributed by atoms with Crippen LogP contribution in [-0.2, 0) is 0 Å². The molecule has 0 unspecified atom stereocenters. The first-order chi connectivity index (χ1) is 12.5. The van der Waals surface area contributed by atoms with Gasteiger partial charge in [-0.15, -0.1) is 0 Å². The molecule has 9 heteroatoms. The first-order valence-corrected chi connectivity index (χ1v) is 7.70. The molecule has 1 aromatic carbocycles. The summed E-state index contributed by atoms with van der Waals surface area (Å²) in [5.74, 6) is 0.301. The predicted molar refractivity (Wildman–Crippen MR) is 95.1 cm³/mol. The lowest BCUT2D eigenvalue weighted by molar-refractivity contribution is -0.384. The number of halogens is 1. The summed E-state index contributed by atoms with van der Waals surface area (Å²) >= 11 is 6.08. The fraction of sp³-hybridized carbons (Fsp3) is 0. The van der Waals surface area contributed by atoms with Gasteiger partial charge in [-0.05, 0) is 30.3 Å². The number of nitro groups is 1. The number of hydrazone groups is 1. The molecule has 2 aromatic heterocycles. The minimum atomic E-state index is -0.514. The van der Waals surface area contributed by atoms with Crippen LogP contribution in [0.2, 0.25) is 5.02 Å². The number of hydrogen-bond acceptors (Lipinski definition) is 6. The van der Waals surface area contributed by atoms with Crippen LogP contribution in [0.5, 0.6) is 0 Å². The van der Waals surface area contributed by atoms with Crippen LogP contribution in [0.25, 0.3) is 11.3 Å². The van der Waals surface area contributed by atoms with E-state index in [0.717, 1.165) is 0 Å². The second-order valence-electron chi connectivity index (χ2n) is 5.06. The number of hydrogen-bond donors (Lipinski definition) is 1. The Morgan fingerprint density at radius 2 is 2.00 bits per heavy atom. The Kier molecular flexibility index (Phi) is 5.04. The molecule has 2 heterocycles. The van der Waals surface area contributed by atoms with E-state index in [1.165, 1.54) is 36.8 Å². The highest BCUT2D eigenvalue weighted by atomic mass is 35.5. The fourth-order valence-electron chi connectivity index (χ4n) is 2.10. The number of furan rings is 1. The summed E-state index contributed by atoms with van der Waals surface area (Å²) in [6.45, 7) is 0. The highest BCUT2D eigenvalue weighted by Gasteiger charge is 2.14. The summed E-state index contributed by atoms with van der Waals surface area (Å²) in [4.78, 5) is 26.0. The molecule has 0 radical (unpaired) electrons. The van der Waals surface area contributed by atoms with Gasteiger partial charge in [0.05, 0.1) is 16.2 Å². The lowest BCUT2D eigenvalue weighted by Crippen LogP contribution is -2.17. The molecule has 0 fully saturated rings. The molecule has 1 N–H and O–H groups in total. The van der Waals surface area contributed by atoms with Crippen LogP contribution in [0.3, 0.4) is 0 Å². The lowest BCUT2D eigenvalue weighted by Gasteiger charge is -2.00. The average molecular weight is 371 g/mol. The molecule has 3 aromatic rings. The highest BCUT2D eigenvalue weighted by molar-refractivity contribution is 6.33. The number of benzene rings is 1.